The molecule has 10 nitrogen and oxygen atoms in total. The lowest BCUT2D eigenvalue weighted by molar-refractivity contribution is -0.118. The molecule has 0 aliphatic rings. The van der Waals surface area contributed by atoms with Crippen LogP contribution >= 0.6 is 11.3 Å². The number of amides is 1. The quantitative estimate of drug-likeness (QED) is 0.474. The van der Waals surface area contributed by atoms with Gasteiger partial charge < -0.3 is 10.6 Å². The van der Waals surface area contributed by atoms with E-state index in [1.165, 1.54) is 31.7 Å². The molecule has 3 rings (SSSR count). The number of aryl methyl sites for hydroxylation is 1. The van der Waals surface area contributed by atoms with E-state index in [9.17, 15) is 19.2 Å². The van der Waals surface area contributed by atoms with Gasteiger partial charge in [-0.15, -0.1) is 11.3 Å². The summed E-state index contributed by atoms with van der Waals surface area (Å²) >= 11 is 1.38. The summed E-state index contributed by atoms with van der Waals surface area (Å²) in [6.45, 7) is 4.70. The van der Waals surface area contributed by atoms with Gasteiger partial charge in [0.05, 0.1) is 11.7 Å². The number of carbonyl (C=O) groups excluding carboxylic acids is 1. The molecule has 0 unspecified atom stereocenters. The molecule has 0 aliphatic carbocycles. The van der Waals surface area contributed by atoms with Crippen LogP contribution in [0.5, 0.6) is 0 Å². The zero-order valence-electron chi connectivity index (χ0n) is 18.3. The fourth-order valence-corrected chi connectivity index (χ4v) is 4.18. The smallest absolute Gasteiger partial charge is 0.330 e. The minimum absolute atomic E-state index is 0.0158. The van der Waals surface area contributed by atoms with E-state index in [-0.39, 0.29) is 42.5 Å². The average molecular weight is 461 g/mol. The van der Waals surface area contributed by atoms with Crippen molar-refractivity contribution < 1.29 is 4.79 Å². The summed E-state index contributed by atoms with van der Waals surface area (Å²) in [6, 6.07) is 1.71. The Morgan fingerprint density at radius 3 is 2.66 bits per heavy atom. The molecule has 32 heavy (non-hydrogen) atoms. The third-order valence-corrected chi connectivity index (χ3v) is 6.09. The number of nitrogen functional groups attached to an aromatic ring is 1. The first-order chi connectivity index (χ1) is 15.4. The van der Waals surface area contributed by atoms with Gasteiger partial charge in [-0.05, 0) is 24.3 Å². The van der Waals surface area contributed by atoms with Gasteiger partial charge in [-0.2, -0.15) is 0 Å². The molecule has 3 N–H and O–H groups in total. The van der Waals surface area contributed by atoms with Crippen molar-refractivity contribution in [1.82, 2.24) is 19.1 Å². The molecule has 11 heteroatoms. The lowest BCUT2D eigenvalue weighted by atomic mass is 10.2. The predicted octanol–water partition coefficient (Wildman–Crippen LogP) is 1.91. The van der Waals surface area contributed by atoms with Gasteiger partial charge in [0, 0.05) is 26.1 Å². The Morgan fingerprint density at radius 1 is 1.19 bits per heavy atom. The van der Waals surface area contributed by atoms with Crippen molar-refractivity contribution in [2.24, 2.45) is 0 Å². The van der Waals surface area contributed by atoms with Gasteiger partial charge in [0.2, 0.25) is 5.91 Å². The number of carbonyl (C=O) groups is 1. The second kappa shape index (κ2) is 10.4. The largest absolute Gasteiger partial charge is 0.383 e. The number of hydrogen-bond acceptors (Lipinski definition) is 7. The number of anilines is 2. The summed E-state index contributed by atoms with van der Waals surface area (Å²) in [5.74, 6) is -0.371. The maximum Gasteiger partial charge on any atom is 0.330 e. The molecule has 0 saturated heterocycles. The first-order valence-electron chi connectivity index (χ1n) is 10.7. The van der Waals surface area contributed by atoms with Crippen molar-refractivity contribution in [2.75, 3.05) is 17.2 Å². The van der Waals surface area contributed by atoms with Crippen LogP contribution in [-0.4, -0.2) is 31.6 Å². The average Bonchev–Trinajstić information content (AvgIpc) is 3.25. The first kappa shape index (κ1) is 23.5. The highest BCUT2D eigenvalue weighted by atomic mass is 32.1. The van der Waals surface area contributed by atoms with Crippen molar-refractivity contribution in [1.29, 1.82) is 0 Å². The summed E-state index contributed by atoms with van der Waals surface area (Å²) in [5, 5.41) is 2.31. The number of hydrogen-bond donors (Lipinski definition) is 2. The third-order valence-electron chi connectivity index (χ3n) is 5.27. The maximum atomic E-state index is 13.2. The number of fused-ring (bicyclic) bond motifs is 1. The fraction of sp³-hybridized carbons (Fsp3) is 0.476. The molecule has 1 amide bonds. The summed E-state index contributed by atoms with van der Waals surface area (Å²) < 4.78 is 2.69. The molecule has 0 aliphatic heterocycles. The number of thiophene rings is 1. The highest BCUT2D eigenvalue weighted by Crippen LogP contribution is 2.19. The molecule has 172 valence electrons. The van der Waals surface area contributed by atoms with Crippen LogP contribution in [0.2, 0.25) is 0 Å². The monoisotopic (exact) mass is 460 g/mol. The Bertz CT molecular complexity index is 1270. The molecule has 0 saturated carbocycles. The summed E-state index contributed by atoms with van der Waals surface area (Å²) in [7, 11) is 0. The lowest BCUT2D eigenvalue weighted by Gasteiger charge is -2.24. The molecule has 3 aromatic heterocycles. The standard InChI is InChI=1S/C21H28N6O4S/c1-3-5-9-26(16-17(22)27(10-6-4-2)21(31)24-18(16)29)15(28)7-11-25-13-23-19-14(20(25)30)8-12-32-19/h8,12-13H,3-7,9-11,22H2,1-2H3,(H,24,29,31). The number of aromatic amines is 1. The van der Waals surface area contributed by atoms with Gasteiger partial charge in [0.1, 0.15) is 10.6 Å². The second-order valence-electron chi connectivity index (χ2n) is 7.53. The van der Waals surface area contributed by atoms with Crippen molar-refractivity contribution in [2.45, 2.75) is 59.0 Å². The van der Waals surface area contributed by atoms with Crippen LogP contribution in [0.3, 0.4) is 0 Å². The minimum Gasteiger partial charge on any atom is -0.383 e. The maximum absolute atomic E-state index is 13.2. The Labute approximate surface area is 188 Å². The van der Waals surface area contributed by atoms with Gasteiger partial charge >= 0.3 is 5.69 Å². The number of aromatic nitrogens is 4. The zero-order valence-corrected chi connectivity index (χ0v) is 19.1. The van der Waals surface area contributed by atoms with E-state index < -0.39 is 11.2 Å². The van der Waals surface area contributed by atoms with Crippen LogP contribution in [0.25, 0.3) is 10.2 Å². The number of nitrogens with one attached hydrogen (secondary N) is 1. The van der Waals surface area contributed by atoms with E-state index in [1.54, 1.807) is 11.4 Å². The van der Waals surface area contributed by atoms with E-state index >= 15 is 0 Å². The number of nitrogens with two attached hydrogens (primary N) is 1. The second-order valence-corrected chi connectivity index (χ2v) is 8.42. The van der Waals surface area contributed by atoms with Gasteiger partial charge in [0.15, 0.2) is 5.69 Å². The highest BCUT2D eigenvalue weighted by molar-refractivity contribution is 7.16. The van der Waals surface area contributed by atoms with E-state index in [1.807, 2.05) is 13.8 Å². The highest BCUT2D eigenvalue weighted by Gasteiger charge is 2.24. The molecule has 3 heterocycles. The van der Waals surface area contributed by atoms with E-state index in [0.29, 0.717) is 29.6 Å². The molecule has 0 atom stereocenters. The van der Waals surface area contributed by atoms with E-state index in [0.717, 1.165) is 12.8 Å². The Kier molecular flexibility index (Phi) is 7.62. The minimum atomic E-state index is -0.691. The first-order valence-corrected chi connectivity index (χ1v) is 11.6. The molecule has 0 bridgehead atoms. The van der Waals surface area contributed by atoms with Crippen LogP contribution in [0.4, 0.5) is 11.5 Å². The molecule has 0 spiro atoms. The van der Waals surface area contributed by atoms with Crippen molar-refractivity contribution in [3.63, 3.8) is 0 Å². The molecule has 0 radical (unpaired) electrons. The van der Waals surface area contributed by atoms with Gasteiger partial charge in [-0.3, -0.25) is 28.5 Å². The topological polar surface area (TPSA) is 136 Å². The molecule has 0 fully saturated rings. The van der Waals surface area contributed by atoms with Crippen LogP contribution in [0.15, 0.2) is 32.2 Å². The van der Waals surface area contributed by atoms with Crippen LogP contribution in [0.1, 0.15) is 46.0 Å². The Morgan fingerprint density at radius 2 is 1.94 bits per heavy atom. The SMILES string of the molecule is CCCCN(C(=O)CCn1cnc2sccc2c1=O)c1c(N)n(CCCC)c(=O)[nH]c1=O. The van der Waals surface area contributed by atoms with Crippen molar-refractivity contribution in [3.05, 3.63) is 49.0 Å². The predicted molar refractivity (Wildman–Crippen MR) is 126 cm³/mol. The Hall–Kier alpha value is -3.21. The number of rotatable bonds is 10. The number of H-pyrrole nitrogens is 1. The van der Waals surface area contributed by atoms with Gasteiger partial charge in [0.25, 0.3) is 11.1 Å². The molecular weight excluding hydrogens is 432 g/mol. The number of unbranched alkanes of at least 4 members (excludes halogenated alkanes) is 2. The molecular formula is C21H28N6O4S. The normalized spacial score (nSPS) is 11.2. The lowest BCUT2D eigenvalue weighted by Crippen LogP contribution is -2.42. The van der Waals surface area contributed by atoms with E-state index in [4.69, 9.17) is 5.73 Å². The van der Waals surface area contributed by atoms with Crippen LogP contribution in [-0.2, 0) is 17.9 Å². The van der Waals surface area contributed by atoms with Gasteiger partial charge in [-0.1, -0.05) is 26.7 Å². The van der Waals surface area contributed by atoms with Gasteiger partial charge in [-0.25, -0.2) is 9.78 Å². The summed E-state index contributed by atoms with van der Waals surface area (Å²) in [6.07, 6.45) is 4.41. The molecule has 3 aromatic rings. The number of nitrogens with zero attached hydrogens (tertiary/aromatic N) is 4. The Balaban J connectivity index is 1.91. The van der Waals surface area contributed by atoms with Crippen LogP contribution < -0.4 is 27.4 Å². The van der Waals surface area contributed by atoms with Crippen molar-refractivity contribution >= 4 is 39.0 Å². The fourth-order valence-electron chi connectivity index (χ4n) is 3.46. The summed E-state index contributed by atoms with van der Waals surface area (Å²) in [5.41, 5.74) is 4.69. The van der Waals surface area contributed by atoms with E-state index in [2.05, 4.69) is 9.97 Å². The zero-order chi connectivity index (χ0) is 23.3. The van der Waals surface area contributed by atoms with Crippen molar-refractivity contribution in [3.8, 4) is 0 Å². The third kappa shape index (κ3) is 4.82. The molecule has 0 aromatic carbocycles. The summed E-state index contributed by atoms with van der Waals surface area (Å²) in [4.78, 5) is 59.1. The van der Waals surface area contributed by atoms with Crippen LogP contribution in [0, 0.1) is 0 Å².